The molecule has 5 heteroatoms. The zero-order chi connectivity index (χ0) is 13.4. The summed E-state index contributed by atoms with van der Waals surface area (Å²) in [6, 6.07) is 1.52. The van der Waals surface area contributed by atoms with E-state index in [0.29, 0.717) is 5.92 Å². The summed E-state index contributed by atoms with van der Waals surface area (Å²) in [7, 11) is 0. The van der Waals surface area contributed by atoms with E-state index in [1.807, 2.05) is 17.9 Å². The van der Waals surface area contributed by atoms with E-state index in [0.717, 1.165) is 43.7 Å². The summed E-state index contributed by atoms with van der Waals surface area (Å²) in [5.74, 6) is 0.860. The molecule has 1 saturated carbocycles. The van der Waals surface area contributed by atoms with Crippen LogP contribution in [0.5, 0.6) is 0 Å². The molecule has 3 atom stereocenters. The average Bonchev–Trinajstić information content (AvgIpc) is 2.98. The number of carboxylic acids is 1. The quantitative estimate of drug-likeness (QED) is 0.897. The predicted octanol–water partition coefficient (Wildman–Crippen LogP) is 1.73. The third-order valence-corrected chi connectivity index (χ3v) is 4.51. The number of aromatic nitrogens is 2. The Bertz CT molecular complexity index is 491. The van der Waals surface area contributed by atoms with Crippen LogP contribution in [0.4, 0.5) is 5.82 Å². The predicted molar refractivity (Wildman–Crippen MR) is 71.0 cm³/mol. The normalized spacial score (nSPS) is 29.5. The van der Waals surface area contributed by atoms with E-state index >= 15 is 0 Å². The number of aryl methyl sites for hydroxylation is 1. The highest BCUT2D eigenvalue weighted by atomic mass is 16.4. The number of aliphatic carboxylic acids is 1. The summed E-state index contributed by atoms with van der Waals surface area (Å²) in [6.07, 6.45) is 5.73. The van der Waals surface area contributed by atoms with Crippen molar-refractivity contribution in [1.29, 1.82) is 0 Å². The number of fused-ring (bicyclic) bond motifs is 1. The highest BCUT2D eigenvalue weighted by Crippen LogP contribution is 2.43. The first kappa shape index (κ1) is 12.4. The number of hydrogen-bond donors (Lipinski definition) is 1. The Morgan fingerprint density at radius 3 is 3.05 bits per heavy atom. The van der Waals surface area contributed by atoms with Gasteiger partial charge in [0.15, 0.2) is 0 Å². The van der Waals surface area contributed by atoms with Gasteiger partial charge in [0.25, 0.3) is 0 Å². The summed E-state index contributed by atoms with van der Waals surface area (Å²) < 4.78 is 0. The van der Waals surface area contributed by atoms with Crippen molar-refractivity contribution in [3.63, 3.8) is 0 Å². The van der Waals surface area contributed by atoms with E-state index in [1.165, 1.54) is 0 Å². The van der Waals surface area contributed by atoms with Crippen molar-refractivity contribution in [2.75, 3.05) is 11.4 Å². The van der Waals surface area contributed by atoms with Gasteiger partial charge in [-0.05, 0) is 31.1 Å². The van der Waals surface area contributed by atoms with Gasteiger partial charge in [-0.1, -0.05) is 13.3 Å². The van der Waals surface area contributed by atoms with Crippen LogP contribution < -0.4 is 4.90 Å². The maximum absolute atomic E-state index is 11.6. The fraction of sp³-hybridized carbons (Fsp3) is 0.643. The summed E-state index contributed by atoms with van der Waals surface area (Å²) in [4.78, 5) is 22.0. The number of carboxylic acid groups (broad SMARTS) is 1. The summed E-state index contributed by atoms with van der Waals surface area (Å²) in [6.45, 7) is 2.86. The topological polar surface area (TPSA) is 66.3 Å². The Kier molecular flexibility index (Phi) is 3.12. The van der Waals surface area contributed by atoms with Crippen LogP contribution in [0, 0.1) is 11.8 Å². The Morgan fingerprint density at radius 1 is 1.47 bits per heavy atom. The minimum Gasteiger partial charge on any atom is -0.480 e. The van der Waals surface area contributed by atoms with Crippen LogP contribution >= 0.6 is 0 Å². The molecule has 3 rings (SSSR count). The second-order valence-electron chi connectivity index (χ2n) is 5.51. The molecule has 3 unspecified atom stereocenters. The number of anilines is 1. The molecule has 0 amide bonds. The van der Waals surface area contributed by atoms with Gasteiger partial charge in [0.2, 0.25) is 0 Å². The van der Waals surface area contributed by atoms with Gasteiger partial charge in [0.1, 0.15) is 18.2 Å². The molecule has 1 aromatic heterocycles. The van der Waals surface area contributed by atoms with Crippen molar-refractivity contribution in [2.24, 2.45) is 11.8 Å². The second-order valence-corrected chi connectivity index (χ2v) is 5.51. The third kappa shape index (κ3) is 2.07. The molecule has 1 saturated heterocycles. The Hall–Kier alpha value is -1.65. The highest BCUT2D eigenvalue weighted by molar-refractivity contribution is 5.79. The molecule has 0 bridgehead atoms. The van der Waals surface area contributed by atoms with Crippen LogP contribution in [-0.2, 0) is 11.2 Å². The number of rotatable bonds is 3. The van der Waals surface area contributed by atoms with E-state index in [-0.39, 0.29) is 5.92 Å². The first-order valence-electron chi connectivity index (χ1n) is 7.01. The largest absolute Gasteiger partial charge is 0.480 e. The fourth-order valence-corrected chi connectivity index (χ4v) is 3.59. The van der Waals surface area contributed by atoms with Crippen molar-refractivity contribution in [1.82, 2.24) is 9.97 Å². The zero-order valence-corrected chi connectivity index (χ0v) is 11.1. The van der Waals surface area contributed by atoms with Gasteiger partial charge in [-0.25, -0.2) is 14.8 Å². The lowest BCUT2D eigenvalue weighted by Crippen LogP contribution is -2.40. The summed E-state index contributed by atoms with van der Waals surface area (Å²) in [5.41, 5.74) is 0.964. The maximum Gasteiger partial charge on any atom is 0.326 e. The van der Waals surface area contributed by atoms with Crippen LogP contribution in [0.15, 0.2) is 12.4 Å². The molecule has 1 aliphatic carbocycles. The van der Waals surface area contributed by atoms with Gasteiger partial charge in [0, 0.05) is 18.3 Å². The zero-order valence-electron chi connectivity index (χ0n) is 11.1. The van der Waals surface area contributed by atoms with E-state index in [9.17, 15) is 9.90 Å². The number of hydrogen-bond acceptors (Lipinski definition) is 4. The van der Waals surface area contributed by atoms with Crippen LogP contribution in [0.3, 0.4) is 0 Å². The highest BCUT2D eigenvalue weighted by Gasteiger charge is 2.48. The Balaban J connectivity index is 1.92. The lowest BCUT2D eigenvalue weighted by atomic mass is 9.94. The molecule has 2 fully saturated rings. The monoisotopic (exact) mass is 261 g/mol. The molecule has 19 heavy (non-hydrogen) atoms. The summed E-state index contributed by atoms with van der Waals surface area (Å²) in [5, 5.41) is 9.53. The van der Waals surface area contributed by atoms with Crippen molar-refractivity contribution >= 4 is 11.8 Å². The molecule has 2 aliphatic rings. The van der Waals surface area contributed by atoms with Crippen LogP contribution in [0.1, 0.15) is 31.9 Å². The Morgan fingerprint density at radius 2 is 2.32 bits per heavy atom. The van der Waals surface area contributed by atoms with Gasteiger partial charge < -0.3 is 10.0 Å². The maximum atomic E-state index is 11.6. The first-order valence-corrected chi connectivity index (χ1v) is 7.01. The third-order valence-electron chi connectivity index (χ3n) is 4.51. The Labute approximate surface area is 112 Å². The van der Waals surface area contributed by atoms with Gasteiger partial charge in [0.05, 0.1) is 0 Å². The van der Waals surface area contributed by atoms with Gasteiger partial charge in [-0.15, -0.1) is 0 Å². The minimum absolute atomic E-state index is 0.289. The van der Waals surface area contributed by atoms with E-state index in [2.05, 4.69) is 9.97 Å². The molecular formula is C14H19N3O2. The van der Waals surface area contributed by atoms with Gasteiger partial charge in [-0.3, -0.25) is 0 Å². The average molecular weight is 261 g/mol. The number of carbonyl (C=O) groups is 1. The van der Waals surface area contributed by atoms with Crippen molar-refractivity contribution < 1.29 is 9.90 Å². The van der Waals surface area contributed by atoms with Crippen molar-refractivity contribution in [2.45, 2.75) is 38.6 Å². The standard InChI is InChI=1S/C14H19N3O2/c1-2-10-6-12(16-8-15-10)17-7-9-4-3-5-11(9)13(17)14(18)19/h6,8-9,11,13H,2-5,7H2,1H3,(H,18,19). The molecule has 1 N–H and O–H groups in total. The van der Waals surface area contributed by atoms with Crippen molar-refractivity contribution in [3.05, 3.63) is 18.1 Å². The molecule has 0 radical (unpaired) electrons. The molecule has 2 heterocycles. The lowest BCUT2D eigenvalue weighted by molar-refractivity contribution is -0.139. The molecule has 0 spiro atoms. The molecule has 1 aromatic rings. The molecular weight excluding hydrogens is 242 g/mol. The fourth-order valence-electron chi connectivity index (χ4n) is 3.59. The van der Waals surface area contributed by atoms with Crippen molar-refractivity contribution in [3.8, 4) is 0 Å². The van der Waals surface area contributed by atoms with E-state index in [1.54, 1.807) is 6.33 Å². The van der Waals surface area contributed by atoms with Crippen LogP contribution in [0.25, 0.3) is 0 Å². The van der Waals surface area contributed by atoms with Gasteiger partial charge >= 0.3 is 5.97 Å². The molecule has 1 aliphatic heterocycles. The van der Waals surface area contributed by atoms with Crippen LogP contribution in [0.2, 0.25) is 0 Å². The summed E-state index contributed by atoms with van der Waals surface area (Å²) >= 11 is 0. The minimum atomic E-state index is -0.717. The molecule has 0 aromatic carbocycles. The number of nitrogens with zero attached hydrogens (tertiary/aromatic N) is 3. The smallest absolute Gasteiger partial charge is 0.326 e. The lowest BCUT2D eigenvalue weighted by Gasteiger charge is -2.25. The first-order chi connectivity index (χ1) is 9.20. The van der Waals surface area contributed by atoms with E-state index in [4.69, 9.17) is 0 Å². The SMILES string of the molecule is CCc1cc(N2CC3CCCC3C2C(=O)O)ncn1. The van der Waals surface area contributed by atoms with Crippen LogP contribution in [-0.4, -0.2) is 33.6 Å². The van der Waals surface area contributed by atoms with Gasteiger partial charge in [-0.2, -0.15) is 0 Å². The second kappa shape index (κ2) is 4.79. The molecule has 5 nitrogen and oxygen atoms in total. The molecule has 102 valence electrons. The van der Waals surface area contributed by atoms with E-state index < -0.39 is 12.0 Å².